The molecule has 2 aromatic carbocycles. The molecule has 2 fully saturated rings. The summed E-state index contributed by atoms with van der Waals surface area (Å²) in [5, 5.41) is 36.5. The van der Waals surface area contributed by atoms with Crippen molar-refractivity contribution in [2.24, 2.45) is 11.5 Å². The zero-order valence-corrected chi connectivity index (χ0v) is 21.5. The Kier molecular flexibility index (Phi) is 7.48. The van der Waals surface area contributed by atoms with Gasteiger partial charge in [0.15, 0.2) is 0 Å². The van der Waals surface area contributed by atoms with Crippen LogP contribution in [0.2, 0.25) is 0 Å². The number of nitrogens with two attached hydrogens (primary N) is 2. The maximum atomic E-state index is 12.6. The van der Waals surface area contributed by atoms with Gasteiger partial charge in [0.05, 0.1) is 17.9 Å². The number of β-amino-alcohol motifs (C(OH)–C–C–N with tert-alkyl or cyclic N) is 2. The third-order valence-corrected chi connectivity index (χ3v) is 6.77. The average molecular weight is 536 g/mol. The second-order valence-electron chi connectivity index (χ2n) is 10.1. The summed E-state index contributed by atoms with van der Waals surface area (Å²) in [7, 11) is 0. The standard InChI is InChI=1S/C26H33N9O4/c1-14-2-4-15(5-3-14)23(39)30-19-7-6-18(9-20(19)36)29-24-31-25(34-10-16(27)8-17(28)11-34)33-26(32-24)35-12-21(37)22(38)13-35/h2-7,9,16-17,21-22,36-38H,8,10-13,27-28H2,1H3,(H,30,39)(H,29,31,32,33)/t16-,17+,21-,22+. The summed E-state index contributed by atoms with van der Waals surface area (Å²) in [5.41, 5.74) is 14.6. The lowest BCUT2D eigenvalue weighted by Crippen LogP contribution is -2.53. The first kappa shape index (κ1) is 26.6. The van der Waals surface area contributed by atoms with Crippen molar-refractivity contribution in [3.05, 3.63) is 53.6 Å². The number of hydrogen-bond acceptors (Lipinski definition) is 12. The van der Waals surface area contributed by atoms with Gasteiger partial charge in [-0.25, -0.2) is 0 Å². The normalized spacial score (nSPS) is 23.1. The molecule has 0 radical (unpaired) electrons. The Morgan fingerprint density at radius 2 is 1.49 bits per heavy atom. The lowest BCUT2D eigenvalue weighted by Gasteiger charge is -2.35. The molecule has 0 spiro atoms. The van der Waals surface area contributed by atoms with Crippen LogP contribution < -0.4 is 31.9 Å². The van der Waals surface area contributed by atoms with Crippen molar-refractivity contribution in [3.63, 3.8) is 0 Å². The van der Waals surface area contributed by atoms with Gasteiger partial charge < -0.3 is 47.2 Å². The number of nitrogens with zero attached hydrogens (tertiary/aromatic N) is 5. The first-order chi connectivity index (χ1) is 18.6. The molecule has 4 atom stereocenters. The molecule has 0 aliphatic carbocycles. The van der Waals surface area contributed by atoms with Crippen molar-refractivity contribution < 1.29 is 20.1 Å². The molecule has 3 heterocycles. The molecule has 3 aromatic rings. The molecule has 9 N–H and O–H groups in total. The molecule has 1 amide bonds. The zero-order valence-electron chi connectivity index (χ0n) is 21.5. The predicted molar refractivity (Wildman–Crippen MR) is 147 cm³/mol. The van der Waals surface area contributed by atoms with Gasteiger partial charge in [0.1, 0.15) is 5.75 Å². The summed E-state index contributed by atoms with van der Waals surface area (Å²) in [5.74, 6) is 0.334. The fraction of sp³-hybridized carbons (Fsp3) is 0.385. The minimum atomic E-state index is -0.918. The van der Waals surface area contributed by atoms with E-state index in [1.54, 1.807) is 29.2 Å². The molecule has 39 heavy (non-hydrogen) atoms. The van der Waals surface area contributed by atoms with Crippen LogP contribution in [0.15, 0.2) is 42.5 Å². The molecular formula is C26H33N9O4. The van der Waals surface area contributed by atoms with Gasteiger partial charge in [0.2, 0.25) is 17.8 Å². The summed E-state index contributed by atoms with van der Waals surface area (Å²) in [6.45, 7) is 3.29. The zero-order chi connectivity index (χ0) is 27.7. The molecule has 5 rings (SSSR count). The number of aromatic nitrogens is 3. The number of phenols is 1. The Balaban J connectivity index is 1.38. The van der Waals surface area contributed by atoms with Crippen LogP contribution in [0.1, 0.15) is 22.3 Å². The van der Waals surface area contributed by atoms with Gasteiger partial charge in [-0.1, -0.05) is 17.7 Å². The van der Waals surface area contributed by atoms with E-state index in [-0.39, 0.29) is 54.4 Å². The van der Waals surface area contributed by atoms with E-state index in [0.717, 1.165) is 5.56 Å². The van der Waals surface area contributed by atoms with Gasteiger partial charge in [0.25, 0.3) is 5.91 Å². The number of nitrogens with one attached hydrogen (secondary N) is 2. The Hall–Kier alpha value is -4.04. The van der Waals surface area contributed by atoms with E-state index < -0.39 is 12.2 Å². The van der Waals surface area contributed by atoms with Crippen LogP contribution in [-0.2, 0) is 0 Å². The van der Waals surface area contributed by atoms with Crippen molar-refractivity contribution in [2.75, 3.05) is 46.6 Å². The summed E-state index contributed by atoms with van der Waals surface area (Å²) >= 11 is 0. The number of amides is 1. The Bertz CT molecular complexity index is 1320. The number of aliphatic hydroxyl groups is 2. The summed E-state index contributed by atoms with van der Waals surface area (Å²) < 4.78 is 0. The molecule has 0 bridgehead atoms. The topological polar surface area (TPSA) is 199 Å². The maximum absolute atomic E-state index is 12.6. The molecule has 1 aromatic heterocycles. The van der Waals surface area contributed by atoms with Crippen LogP contribution in [0.5, 0.6) is 5.75 Å². The second kappa shape index (κ2) is 11.0. The van der Waals surface area contributed by atoms with Gasteiger partial charge >= 0.3 is 0 Å². The Labute approximate surface area is 225 Å². The number of carbonyl (C=O) groups excluding carboxylic acids is 1. The second-order valence-corrected chi connectivity index (χ2v) is 10.1. The fourth-order valence-corrected chi connectivity index (χ4v) is 4.71. The third kappa shape index (κ3) is 6.17. The van der Waals surface area contributed by atoms with E-state index >= 15 is 0 Å². The molecule has 2 aliphatic heterocycles. The van der Waals surface area contributed by atoms with E-state index in [1.165, 1.54) is 6.07 Å². The quantitative estimate of drug-likeness (QED) is 0.213. The highest BCUT2D eigenvalue weighted by molar-refractivity contribution is 6.05. The van der Waals surface area contributed by atoms with Crippen molar-refractivity contribution in [1.82, 2.24) is 15.0 Å². The number of aryl methyl sites for hydroxylation is 1. The van der Waals surface area contributed by atoms with Gasteiger partial charge in [-0.05, 0) is 37.6 Å². The minimum Gasteiger partial charge on any atom is -0.506 e. The molecule has 13 heteroatoms. The van der Waals surface area contributed by atoms with Crippen molar-refractivity contribution in [2.45, 2.75) is 37.6 Å². The number of rotatable bonds is 6. The number of piperidine rings is 1. The minimum absolute atomic E-state index is 0.139. The number of phenolic OH excluding ortho intramolecular Hbond substituents is 1. The number of aliphatic hydroxyl groups excluding tert-OH is 2. The molecule has 13 nitrogen and oxygen atoms in total. The number of carbonyl (C=O) groups is 1. The monoisotopic (exact) mass is 535 g/mol. The molecular weight excluding hydrogens is 502 g/mol. The van der Waals surface area contributed by atoms with Crippen LogP contribution in [0.4, 0.5) is 29.2 Å². The highest BCUT2D eigenvalue weighted by atomic mass is 16.3. The fourth-order valence-electron chi connectivity index (χ4n) is 4.71. The van der Waals surface area contributed by atoms with E-state index in [0.29, 0.717) is 36.7 Å². The van der Waals surface area contributed by atoms with Crippen LogP contribution in [0.3, 0.4) is 0 Å². The number of hydrogen-bond donors (Lipinski definition) is 7. The summed E-state index contributed by atoms with van der Waals surface area (Å²) in [6.07, 6.45) is -1.15. The number of aromatic hydroxyl groups is 1. The van der Waals surface area contributed by atoms with Crippen molar-refractivity contribution in [1.29, 1.82) is 0 Å². The lowest BCUT2D eigenvalue weighted by molar-refractivity contribution is 0.0572. The third-order valence-electron chi connectivity index (χ3n) is 6.77. The van der Waals surface area contributed by atoms with Crippen molar-refractivity contribution >= 4 is 35.1 Å². The summed E-state index contributed by atoms with van der Waals surface area (Å²) in [6, 6.07) is 11.5. The molecule has 0 saturated carbocycles. The van der Waals surface area contributed by atoms with Crippen LogP contribution in [0, 0.1) is 6.92 Å². The Morgan fingerprint density at radius 1 is 0.897 bits per heavy atom. The predicted octanol–water partition coefficient (Wildman–Crippen LogP) is 0.288. The first-order valence-electron chi connectivity index (χ1n) is 12.8. The van der Waals surface area contributed by atoms with E-state index in [1.807, 2.05) is 24.0 Å². The van der Waals surface area contributed by atoms with Crippen molar-refractivity contribution in [3.8, 4) is 5.75 Å². The first-order valence-corrected chi connectivity index (χ1v) is 12.8. The van der Waals surface area contributed by atoms with Crippen LogP contribution in [-0.4, -0.2) is 86.6 Å². The lowest BCUT2D eigenvalue weighted by atomic mass is 10.0. The van der Waals surface area contributed by atoms with Gasteiger partial charge in [-0.3, -0.25) is 4.79 Å². The highest BCUT2D eigenvalue weighted by Gasteiger charge is 2.33. The summed E-state index contributed by atoms with van der Waals surface area (Å²) in [4.78, 5) is 29.8. The molecule has 2 saturated heterocycles. The Morgan fingerprint density at radius 3 is 2.08 bits per heavy atom. The van der Waals surface area contributed by atoms with Crippen LogP contribution in [0.25, 0.3) is 0 Å². The average Bonchev–Trinajstić information content (AvgIpc) is 3.23. The van der Waals surface area contributed by atoms with Gasteiger partial charge in [-0.15, -0.1) is 0 Å². The highest BCUT2D eigenvalue weighted by Crippen LogP contribution is 2.30. The number of benzene rings is 2. The molecule has 2 aliphatic rings. The molecule has 0 unspecified atom stereocenters. The van der Waals surface area contributed by atoms with Gasteiger partial charge in [0, 0.05) is 55.6 Å². The maximum Gasteiger partial charge on any atom is 0.255 e. The van der Waals surface area contributed by atoms with E-state index in [2.05, 4.69) is 25.6 Å². The largest absolute Gasteiger partial charge is 0.506 e. The smallest absolute Gasteiger partial charge is 0.255 e. The molecule has 206 valence electrons. The number of anilines is 5. The SMILES string of the molecule is Cc1ccc(C(=O)Nc2ccc(Nc3nc(N4C[C@H](N)C[C@H](N)C4)nc(N4C[C@@H](O)[C@@H](O)C4)n3)cc2O)cc1. The van der Waals surface area contributed by atoms with Gasteiger partial charge in [-0.2, -0.15) is 15.0 Å². The van der Waals surface area contributed by atoms with E-state index in [4.69, 9.17) is 11.5 Å². The van der Waals surface area contributed by atoms with Crippen LogP contribution >= 0.6 is 0 Å². The van der Waals surface area contributed by atoms with E-state index in [9.17, 15) is 20.1 Å².